The van der Waals surface area contributed by atoms with Crippen LogP contribution in [0.2, 0.25) is 0 Å². The van der Waals surface area contributed by atoms with Gasteiger partial charge < -0.3 is 64.1 Å². The third-order valence-corrected chi connectivity index (χ3v) is 7.06. The van der Waals surface area contributed by atoms with Crippen molar-refractivity contribution < 1.29 is 29.6 Å². The highest BCUT2D eigenvalue weighted by Gasteiger charge is 2.40. The quantitative estimate of drug-likeness (QED) is 0.103. The molecule has 1 saturated carbocycles. The highest BCUT2D eigenvalue weighted by atomic mass is 16.5. The topological polar surface area (TPSA) is 250 Å². The lowest BCUT2D eigenvalue weighted by Gasteiger charge is -2.40. The van der Waals surface area contributed by atoms with E-state index in [-0.39, 0.29) is 37.3 Å². The number of carbonyl (C=O) groups excluding carboxylic acids is 1. The van der Waals surface area contributed by atoms with E-state index in [4.69, 9.17) is 38.1 Å². The Labute approximate surface area is 221 Å². The molecule has 0 radical (unpaired) electrons. The number of nitrogens with two attached hydrogens (primary N) is 5. The maximum absolute atomic E-state index is 12.0. The number of carbonyl (C=O) groups is 1. The average Bonchev–Trinajstić information content (AvgIpc) is 2.86. The predicted octanol–water partition coefficient (Wildman–Crippen LogP) is -3.57. The Balaban J connectivity index is 0.000000442. The largest absolute Gasteiger partial charge is 0.389 e. The average molecular weight is 536 g/mol. The summed E-state index contributed by atoms with van der Waals surface area (Å²) in [6.45, 7) is 7.43. The van der Waals surface area contributed by atoms with Gasteiger partial charge in [0, 0.05) is 12.6 Å². The molecule has 13 nitrogen and oxygen atoms in total. The number of nitrogens with one attached hydrogen (secondary N) is 2. The lowest BCUT2D eigenvalue weighted by molar-refractivity contribution is -0.174. The van der Waals surface area contributed by atoms with Crippen LogP contribution in [0.5, 0.6) is 0 Å². The molecule has 0 aromatic rings. The lowest BCUT2D eigenvalue weighted by Crippen LogP contribution is -2.60. The summed E-state index contributed by atoms with van der Waals surface area (Å²) in [5.74, 6) is -0.0656. The standard InChI is InChI=1S/C16H35N5O3.C8H18N2O3/c1-11-9-15(24-8-7-20-6-2-4-17)13(10-12(11)19)21-16(23)14(22)3-5-18;1-4-6(10)8(12)7(11)5(13-4)2-3-9/h11-15,20,22H,2-10,17-19H2,1H3,(H,21,23);4-8,11-12H,2-3,9-10H2,1H3/t11?,12?,13?,14-,15?;/m0./s1. The van der Waals surface area contributed by atoms with Gasteiger partial charge in [0.2, 0.25) is 5.91 Å². The van der Waals surface area contributed by atoms with Crippen molar-refractivity contribution in [3.8, 4) is 0 Å². The van der Waals surface area contributed by atoms with Gasteiger partial charge in [-0.15, -0.1) is 0 Å². The first-order valence-electron chi connectivity index (χ1n) is 13.5. The molecule has 0 bridgehead atoms. The summed E-state index contributed by atoms with van der Waals surface area (Å²) in [6.07, 6.45) is -0.482. The Morgan fingerprint density at radius 2 is 1.76 bits per heavy atom. The number of aliphatic hydroxyl groups excluding tert-OH is 3. The molecule has 0 aromatic heterocycles. The fraction of sp³-hybridized carbons (Fsp3) is 0.958. The minimum absolute atomic E-state index is 0.0180. The smallest absolute Gasteiger partial charge is 0.249 e. The molecule has 0 aromatic carbocycles. The van der Waals surface area contributed by atoms with Crippen LogP contribution in [0, 0.1) is 5.92 Å². The van der Waals surface area contributed by atoms with Crippen molar-refractivity contribution in [1.82, 2.24) is 10.6 Å². The van der Waals surface area contributed by atoms with Crippen molar-refractivity contribution in [2.45, 2.75) is 101 Å². The van der Waals surface area contributed by atoms with Crippen LogP contribution in [0.25, 0.3) is 0 Å². The van der Waals surface area contributed by atoms with Gasteiger partial charge in [0.15, 0.2) is 0 Å². The third-order valence-electron chi connectivity index (χ3n) is 7.06. The van der Waals surface area contributed by atoms with Crippen molar-refractivity contribution in [2.75, 3.05) is 39.3 Å². The molecule has 2 aliphatic rings. The van der Waals surface area contributed by atoms with E-state index < -0.39 is 36.4 Å². The van der Waals surface area contributed by atoms with Gasteiger partial charge in [-0.05, 0) is 71.1 Å². The molecule has 10 atom stereocenters. The highest BCUT2D eigenvalue weighted by molar-refractivity contribution is 5.80. The van der Waals surface area contributed by atoms with E-state index >= 15 is 0 Å². The second-order valence-corrected chi connectivity index (χ2v) is 10.1. The molecule has 1 aliphatic carbocycles. The molecule has 1 heterocycles. The summed E-state index contributed by atoms with van der Waals surface area (Å²) in [5.41, 5.74) is 27.9. The molecule has 2 fully saturated rings. The number of rotatable bonds is 13. The minimum Gasteiger partial charge on any atom is -0.389 e. The Morgan fingerprint density at radius 1 is 1.05 bits per heavy atom. The van der Waals surface area contributed by atoms with Crippen molar-refractivity contribution >= 4 is 5.91 Å². The van der Waals surface area contributed by atoms with Crippen LogP contribution in [0.1, 0.15) is 46.0 Å². The van der Waals surface area contributed by atoms with Gasteiger partial charge in [0.1, 0.15) is 12.2 Å². The second-order valence-electron chi connectivity index (χ2n) is 10.1. The van der Waals surface area contributed by atoms with Crippen LogP contribution in [-0.2, 0) is 14.3 Å². The Hall–Kier alpha value is -0.970. The van der Waals surface area contributed by atoms with Crippen molar-refractivity contribution in [3.63, 3.8) is 0 Å². The molecule has 9 unspecified atom stereocenters. The maximum atomic E-state index is 12.0. The van der Waals surface area contributed by atoms with E-state index in [0.29, 0.717) is 38.5 Å². The predicted molar refractivity (Wildman–Crippen MR) is 142 cm³/mol. The molecule has 220 valence electrons. The molecule has 1 saturated heterocycles. The molecular formula is C24H53N7O6. The van der Waals surface area contributed by atoms with Crippen LogP contribution < -0.4 is 39.3 Å². The Kier molecular flexibility index (Phi) is 16.9. The van der Waals surface area contributed by atoms with E-state index in [2.05, 4.69) is 17.6 Å². The fourth-order valence-corrected chi connectivity index (χ4v) is 4.50. The maximum Gasteiger partial charge on any atom is 0.249 e. The fourth-order valence-electron chi connectivity index (χ4n) is 4.50. The van der Waals surface area contributed by atoms with Crippen molar-refractivity contribution in [2.24, 2.45) is 34.6 Å². The Morgan fingerprint density at radius 3 is 2.38 bits per heavy atom. The van der Waals surface area contributed by atoms with Gasteiger partial charge in [-0.1, -0.05) is 6.92 Å². The van der Waals surface area contributed by atoms with E-state index in [1.165, 1.54) is 0 Å². The van der Waals surface area contributed by atoms with Crippen LogP contribution in [0.4, 0.5) is 0 Å². The van der Waals surface area contributed by atoms with E-state index in [9.17, 15) is 20.1 Å². The van der Waals surface area contributed by atoms with Crippen molar-refractivity contribution in [1.29, 1.82) is 0 Å². The summed E-state index contributed by atoms with van der Waals surface area (Å²) in [5, 5.41) is 35.0. The number of ether oxygens (including phenoxy) is 2. The van der Waals surface area contributed by atoms with Crippen LogP contribution >= 0.6 is 0 Å². The molecule has 2 rings (SSSR count). The van der Waals surface area contributed by atoms with Crippen LogP contribution in [0.3, 0.4) is 0 Å². The first kappa shape index (κ1) is 34.1. The van der Waals surface area contributed by atoms with E-state index in [1.807, 2.05) is 0 Å². The van der Waals surface area contributed by atoms with Gasteiger partial charge in [-0.2, -0.15) is 0 Å². The van der Waals surface area contributed by atoms with E-state index in [0.717, 1.165) is 25.9 Å². The van der Waals surface area contributed by atoms with Crippen LogP contribution in [0.15, 0.2) is 0 Å². The molecule has 13 heteroatoms. The molecular weight excluding hydrogens is 482 g/mol. The van der Waals surface area contributed by atoms with Gasteiger partial charge in [0.05, 0.1) is 43.1 Å². The zero-order chi connectivity index (χ0) is 28.0. The number of aliphatic hydroxyl groups is 3. The first-order valence-corrected chi connectivity index (χ1v) is 13.5. The molecule has 1 amide bonds. The second kappa shape index (κ2) is 18.3. The summed E-state index contributed by atoms with van der Waals surface area (Å²) in [4.78, 5) is 12.0. The zero-order valence-corrected chi connectivity index (χ0v) is 22.5. The summed E-state index contributed by atoms with van der Waals surface area (Å²) < 4.78 is 11.4. The number of hydrogen-bond donors (Lipinski definition) is 10. The first-order chi connectivity index (χ1) is 17.6. The molecule has 15 N–H and O–H groups in total. The third kappa shape index (κ3) is 11.8. The van der Waals surface area contributed by atoms with Gasteiger partial charge in [-0.3, -0.25) is 4.79 Å². The minimum atomic E-state index is -1.08. The van der Waals surface area contributed by atoms with Gasteiger partial charge in [-0.25, -0.2) is 0 Å². The van der Waals surface area contributed by atoms with Crippen molar-refractivity contribution in [3.05, 3.63) is 0 Å². The molecule has 1 aliphatic heterocycles. The Bertz CT molecular complexity index is 622. The normalized spacial score (nSPS) is 34.8. The number of amides is 1. The zero-order valence-electron chi connectivity index (χ0n) is 22.5. The molecule has 0 spiro atoms. The van der Waals surface area contributed by atoms with Crippen LogP contribution in [-0.4, -0.2) is 115 Å². The molecule has 37 heavy (non-hydrogen) atoms. The summed E-state index contributed by atoms with van der Waals surface area (Å²) in [6, 6.07) is -0.686. The number of hydrogen-bond acceptors (Lipinski definition) is 12. The summed E-state index contributed by atoms with van der Waals surface area (Å²) >= 11 is 0. The lowest BCUT2D eigenvalue weighted by atomic mass is 9.81. The van der Waals surface area contributed by atoms with E-state index in [1.54, 1.807) is 6.92 Å². The van der Waals surface area contributed by atoms with Gasteiger partial charge in [0.25, 0.3) is 0 Å². The van der Waals surface area contributed by atoms with Gasteiger partial charge >= 0.3 is 0 Å². The monoisotopic (exact) mass is 535 g/mol. The highest BCUT2D eigenvalue weighted by Crippen LogP contribution is 2.26. The summed E-state index contributed by atoms with van der Waals surface area (Å²) in [7, 11) is 0. The SMILES string of the molecule is CC1CC(OCCNCCCN)C(NC(=O)[C@@H](O)CCN)CC1N.CC1OC(CCN)C(O)C(O)C1N.